The van der Waals surface area contributed by atoms with Crippen LogP contribution >= 0.6 is 0 Å². The fourth-order valence-electron chi connectivity index (χ4n) is 3.35. The van der Waals surface area contributed by atoms with E-state index in [1.165, 1.54) is 0 Å². The third kappa shape index (κ3) is 1.33. The Balaban J connectivity index is 2.35. The van der Waals surface area contributed by atoms with Gasteiger partial charge in [0.2, 0.25) is 5.91 Å². The minimum Gasteiger partial charge on any atom is -0.333 e. The summed E-state index contributed by atoms with van der Waals surface area (Å²) >= 11 is 0. The fraction of sp³-hybridized carbons (Fsp3) is 0.769. The van der Waals surface area contributed by atoms with Gasteiger partial charge in [0.1, 0.15) is 0 Å². The number of allylic oxidation sites excluding steroid dienone is 1. The van der Waals surface area contributed by atoms with E-state index in [1.54, 1.807) is 0 Å². The summed E-state index contributed by atoms with van der Waals surface area (Å²) in [4.78, 5) is 14.7. The number of hydrogen-bond donors (Lipinski definition) is 0. The first-order valence-corrected chi connectivity index (χ1v) is 9.19. The lowest BCUT2D eigenvalue weighted by molar-refractivity contribution is -0.163. The van der Waals surface area contributed by atoms with Crippen LogP contribution < -0.4 is 0 Å². The third-order valence-corrected chi connectivity index (χ3v) is 7.19. The van der Waals surface area contributed by atoms with E-state index in [1.807, 2.05) is 0 Å². The van der Waals surface area contributed by atoms with E-state index < -0.39 is 8.80 Å². The molecule has 0 aromatic carbocycles. The molecule has 1 amide bonds. The van der Waals surface area contributed by atoms with Gasteiger partial charge >= 0.3 is 0 Å². The van der Waals surface area contributed by atoms with Gasteiger partial charge < -0.3 is 4.90 Å². The van der Waals surface area contributed by atoms with Crippen molar-refractivity contribution < 1.29 is 4.79 Å². The monoisotopic (exact) mass is 237 g/mol. The number of carbonyl (C=O) groups excluding carboxylic acids is 1. The average molecular weight is 237 g/mol. The molecule has 1 saturated heterocycles. The molecule has 0 radical (unpaired) electrons. The molecule has 0 saturated carbocycles. The Kier molecular flexibility index (Phi) is 2.57. The van der Waals surface area contributed by atoms with Crippen LogP contribution in [0.4, 0.5) is 0 Å². The maximum atomic E-state index is 12.5. The van der Waals surface area contributed by atoms with E-state index in [2.05, 4.69) is 50.9 Å². The molecule has 0 unspecified atom stereocenters. The van der Waals surface area contributed by atoms with E-state index in [9.17, 15) is 4.79 Å². The number of carbonyl (C=O) groups is 1. The van der Waals surface area contributed by atoms with Crippen LogP contribution in [0.25, 0.3) is 0 Å². The quantitative estimate of drug-likeness (QED) is 0.390. The van der Waals surface area contributed by atoms with Crippen LogP contribution in [0.5, 0.6) is 0 Å². The van der Waals surface area contributed by atoms with Crippen molar-refractivity contribution in [2.45, 2.75) is 63.3 Å². The standard InChI is InChI=1S/C13H23NOSi/c1-12(2,3)14-10-8-6-7-9-13(10,11(14)15)16(4)5/h6-7,10,16H,8-9H2,1-5H3/t10-,13+/m1/s1. The fourth-order valence-corrected chi connectivity index (χ4v) is 5.65. The van der Waals surface area contributed by atoms with Crippen molar-refractivity contribution in [3.8, 4) is 0 Å². The molecule has 90 valence electrons. The van der Waals surface area contributed by atoms with Gasteiger partial charge in [-0.1, -0.05) is 25.2 Å². The Morgan fingerprint density at radius 3 is 2.50 bits per heavy atom. The van der Waals surface area contributed by atoms with Crippen molar-refractivity contribution in [3.05, 3.63) is 12.2 Å². The number of hydrogen-bond acceptors (Lipinski definition) is 1. The number of likely N-dealkylation sites (tertiary alicyclic amines) is 1. The highest BCUT2D eigenvalue weighted by Crippen LogP contribution is 2.57. The van der Waals surface area contributed by atoms with Crippen LogP contribution in [0.2, 0.25) is 18.1 Å². The maximum absolute atomic E-state index is 12.5. The van der Waals surface area contributed by atoms with Crippen LogP contribution in [0.15, 0.2) is 12.2 Å². The van der Waals surface area contributed by atoms with Crippen LogP contribution in [0.1, 0.15) is 33.6 Å². The molecule has 1 heterocycles. The van der Waals surface area contributed by atoms with Crippen molar-refractivity contribution >= 4 is 14.7 Å². The minimum absolute atomic E-state index is 0.0142. The maximum Gasteiger partial charge on any atom is 0.228 e. The Hall–Kier alpha value is -0.573. The first-order valence-electron chi connectivity index (χ1n) is 6.30. The van der Waals surface area contributed by atoms with Crippen molar-refractivity contribution in [1.82, 2.24) is 4.90 Å². The number of rotatable bonds is 1. The van der Waals surface area contributed by atoms with Gasteiger partial charge in [0.15, 0.2) is 0 Å². The Morgan fingerprint density at radius 2 is 2.00 bits per heavy atom. The predicted octanol–water partition coefficient (Wildman–Crippen LogP) is 2.57. The zero-order valence-electron chi connectivity index (χ0n) is 11.1. The molecule has 0 bridgehead atoms. The normalized spacial score (nSPS) is 34.0. The summed E-state index contributed by atoms with van der Waals surface area (Å²) in [5.41, 5.74) is -0.0142. The Morgan fingerprint density at radius 1 is 1.38 bits per heavy atom. The smallest absolute Gasteiger partial charge is 0.228 e. The van der Waals surface area contributed by atoms with Crippen LogP contribution in [-0.4, -0.2) is 31.2 Å². The zero-order valence-corrected chi connectivity index (χ0v) is 12.2. The predicted molar refractivity (Wildman–Crippen MR) is 70.3 cm³/mol. The third-order valence-electron chi connectivity index (χ3n) is 4.26. The lowest BCUT2D eigenvalue weighted by Gasteiger charge is -2.63. The lowest BCUT2D eigenvalue weighted by Crippen LogP contribution is -2.73. The molecular formula is C13H23NOSi. The SMILES string of the molecule is C[SiH](C)[C@@]12CC=CC[C@H]1N(C(C)(C)C)C2=O. The second kappa shape index (κ2) is 3.46. The van der Waals surface area contributed by atoms with Crippen LogP contribution in [-0.2, 0) is 4.79 Å². The number of amides is 1. The van der Waals surface area contributed by atoms with Gasteiger partial charge in [0.25, 0.3) is 0 Å². The number of nitrogens with zero attached hydrogens (tertiary/aromatic N) is 1. The van der Waals surface area contributed by atoms with E-state index in [0.29, 0.717) is 11.9 Å². The molecule has 1 fully saturated rings. The second-order valence-electron chi connectivity index (χ2n) is 6.47. The summed E-state index contributed by atoms with van der Waals surface area (Å²) in [5.74, 6) is 0.427. The van der Waals surface area contributed by atoms with Crippen LogP contribution in [0.3, 0.4) is 0 Å². The zero-order chi connectivity index (χ0) is 12.1. The van der Waals surface area contributed by atoms with E-state index in [-0.39, 0.29) is 10.6 Å². The highest BCUT2D eigenvalue weighted by Gasteiger charge is 2.63. The number of fused-ring (bicyclic) bond motifs is 1. The number of β-lactam (4-membered cyclic amide) rings is 1. The average Bonchev–Trinajstić information content (AvgIpc) is 2.13. The topological polar surface area (TPSA) is 20.3 Å². The van der Waals surface area contributed by atoms with E-state index >= 15 is 0 Å². The summed E-state index contributed by atoms with van der Waals surface area (Å²) in [7, 11) is -0.949. The summed E-state index contributed by atoms with van der Waals surface area (Å²) in [6.07, 6.45) is 6.54. The van der Waals surface area contributed by atoms with Gasteiger partial charge in [-0.2, -0.15) is 0 Å². The van der Waals surface area contributed by atoms with E-state index in [0.717, 1.165) is 12.8 Å². The van der Waals surface area contributed by atoms with Gasteiger partial charge in [-0.25, -0.2) is 0 Å². The molecule has 2 atom stereocenters. The van der Waals surface area contributed by atoms with Crippen molar-refractivity contribution in [2.24, 2.45) is 0 Å². The lowest BCUT2D eigenvalue weighted by atomic mass is 9.75. The van der Waals surface area contributed by atoms with Crippen molar-refractivity contribution in [1.29, 1.82) is 0 Å². The summed E-state index contributed by atoms with van der Waals surface area (Å²) in [5, 5.41) is 0.0437. The highest BCUT2D eigenvalue weighted by atomic mass is 28.3. The van der Waals surface area contributed by atoms with Gasteiger partial charge in [-0.05, 0) is 33.6 Å². The molecule has 0 N–H and O–H groups in total. The van der Waals surface area contributed by atoms with Gasteiger partial charge in [0.05, 0.1) is 13.8 Å². The summed E-state index contributed by atoms with van der Waals surface area (Å²) in [6.45, 7) is 11.1. The Bertz CT molecular complexity index is 342. The van der Waals surface area contributed by atoms with E-state index in [4.69, 9.17) is 0 Å². The molecule has 0 aromatic rings. The highest BCUT2D eigenvalue weighted by molar-refractivity contribution is 6.65. The molecule has 0 spiro atoms. The van der Waals surface area contributed by atoms with Gasteiger partial charge in [-0.3, -0.25) is 4.79 Å². The summed E-state index contributed by atoms with van der Waals surface area (Å²) in [6, 6.07) is 0.483. The molecule has 2 aliphatic rings. The molecule has 1 aliphatic carbocycles. The summed E-state index contributed by atoms with van der Waals surface area (Å²) < 4.78 is 0. The molecule has 16 heavy (non-hydrogen) atoms. The molecule has 2 nitrogen and oxygen atoms in total. The van der Waals surface area contributed by atoms with Gasteiger partial charge in [-0.15, -0.1) is 0 Å². The second-order valence-corrected chi connectivity index (χ2v) is 9.81. The van der Waals surface area contributed by atoms with Crippen LogP contribution in [0, 0.1) is 0 Å². The Labute approximate surface area is 100 Å². The molecular weight excluding hydrogens is 214 g/mol. The minimum atomic E-state index is -0.949. The first kappa shape index (κ1) is 11.9. The van der Waals surface area contributed by atoms with Crippen molar-refractivity contribution in [3.63, 3.8) is 0 Å². The molecule has 3 heteroatoms. The molecule has 2 rings (SSSR count). The van der Waals surface area contributed by atoms with Gasteiger partial charge in [0, 0.05) is 11.6 Å². The largest absolute Gasteiger partial charge is 0.333 e. The van der Waals surface area contributed by atoms with Crippen molar-refractivity contribution in [2.75, 3.05) is 0 Å². The first-order chi connectivity index (χ1) is 7.32. The molecule has 1 aliphatic heterocycles. The molecule has 0 aromatic heterocycles.